The zero-order chi connectivity index (χ0) is 54.4. The van der Waals surface area contributed by atoms with Gasteiger partial charge in [0.15, 0.2) is 61.4 Å². The summed E-state index contributed by atoms with van der Waals surface area (Å²) in [5, 5.41) is 11.5. The van der Waals surface area contributed by atoms with E-state index >= 15 is 0 Å². The fourth-order valence-corrected chi connectivity index (χ4v) is 7.66. The Bertz CT molecular complexity index is 2200. The zero-order valence-electron chi connectivity index (χ0n) is 41.0. The summed E-state index contributed by atoms with van der Waals surface area (Å²) >= 11 is 0. The highest BCUT2D eigenvalue weighted by molar-refractivity contribution is 5.70. The number of nitro groups is 1. The number of nitro benzene ring substituents is 1. The topological polar surface area (TPSA) is 362 Å². The molecule has 0 aliphatic carbocycles. The average Bonchev–Trinajstić information content (AvgIpc) is 3.26. The Morgan fingerprint density at radius 2 is 0.726 bits per heavy atom. The van der Waals surface area contributed by atoms with E-state index in [9.17, 15) is 58.1 Å². The van der Waals surface area contributed by atoms with Crippen molar-refractivity contribution in [2.45, 2.75) is 161 Å². The molecule has 0 radical (unpaired) electrons. The fourth-order valence-electron chi connectivity index (χ4n) is 7.66. The highest BCUT2D eigenvalue weighted by atomic mass is 16.8. The van der Waals surface area contributed by atoms with Crippen LogP contribution in [0.4, 0.5) is 5.69 Å². The number of rotatable bonds is 20. The molecule has 3 saturated heterocycles. The van der Waals surface area contributed by atoms with Crippen LogP contribution >= 0.6 is 0 Å². The quantitative estimate of drug-likeness (QED) is 0.0725. The second-order valence-corrected chi connectivity index (χ2v) is 16.1. The summed E-state index contributed by atoms with van der Waals surface area (Å²) < 4.78 is 92.0. The van der Waals surface area contributed by atoms with Crippen LogP contribution in [-0.4, -0.2) is 177 Å². The molecule has 0 N–H and O–H groups in total. The van der Waals surface area contributed by atoms with E-state index in [1.165, 1.54) is 0 Å². The van der Waals surface area contributed by atoms with Crippen LogP contribution < -0.4 is 4.74 Å². The van der Waals surface area contributed by atoms with Crippen molar-refractivity contribution in [2.75, 3.05) is 19.8 Å². The molecule has 0 spiro atoms. The van der Waals surface area contributed by atoms with Crippen molar-refractivity contribution in [1.82, 2.24) is 0 Å². The lowest BCUT2D eigenvalue weighted by Gasteiger charge is -2.49. The van der Waals surface area contributed by atoms with Crippen LogP contribution in [0.25, 0.3) is 0 Å². The SMILES string of the molecule is CC(=O)OC[C@H]1O[C@H](OC[C@H]2O[C@H](Oc3ccc([N+](=O)[O-])cc3)[C@@H](OC(C)=O)[C@@H](O[C@H]3O[C@H](COC(C)=O)[C@@H](OC(C)=O)[C@H](OC(C)=O)[C@@H]3OC(C)=O)[C@@H]2OC(C)=O)[C@@H](OC(C)=O)[C@@H](OC(C)=O)[C@@H]1OC(C)=O. The van der Waals surface area contributed by atoms with Crippen LogP contribution in [-0.2, 0) is 119 Å². The Kier molecular flexibility index (Phi) is 21.3. The molecule has 404 valence electrons. The predicted octanol–water partition coefficient (Wildman–Crippen LogP) is 0.130. The van der Waals surface area contributed by atoms with Gasteiger partial charge in [0.25, 0.3) is 5.69 Å². The number of ether oxygens (including phenoxy) is 16. The average molecular weight is 1050 g/mol. The number of carbonyl (C=O) groups is 10. The second-order valence-electron chi connectivity index (χ2n) is 16.1. The Labute approximate surface area is 414 Å². The number of hydrogen-bond acceptors (Lipinski definition) is 28. The number of benzene rings is 1. The van der Waals surface area contributed by atoms with E-state index in [2.05, 4.69) is 0 Å². The maximum atomic E-state index is 13.1. The summed E-state index contributed by atoms with van der Waals surface area (Å²) in [6, 6.07) is 4.39. The van der Waals surface area contributed by atoms with Crippen molar-refractivity contribution in [3.8, 4) is 5.75 Å². The summed E-state index contributed by atoms with van der Waals surface area (Å²) in [6.45, 7) is 7.59. The maximum absolute atomic E-state index is 13.1. The number of hydrogen-bond donors (Lipinski definition) is 0. The standard InChI is InChI=1S/C44H55NO28/c1-18(46)58-15-30-33(61-20(3)48)36(64-23(6)51)39(66-25(8)53)42(70-30)60-17-32-35(63-22(5)50)38(41(68-27(10)55)43(71-32)69-29-13-11-28(12-14-29)45(56)57)73-44-40(67-26(9)54)37(65-24(7)52)34(62-21(4)49)31(72-44)16-59-19(2)47/h11-14,30-44H,15-17H2,1-10H3/t30-,31-,32-,33-,34-,35-,36+,37+,38+,39+,40+,41+,42+,43+,44-/m1/s1. The Balaban J connectivity index is 1.94. The zero-order valence-corrected chi connectivity index (χ0v) is 41.0. The number of non-ortho nitro benzene ring substituents is 1. The summed E-state index contributed by atoms with van der Waals surface area (Å²) in [5.41, 5.74) is -0.371. The molecule has 1 aromatic rings. The van der Waals surface area contributed by atoms with Gasteiger partial charge in [0.1, 0.15) is 43.4 Å². The highest BCUT2D eigenvalue weighted by Crippen LogP contribution is 2.37. The van der Waals surface area contributed by atoms with Gasteiger partial charge in [-0.1, -0.05) is 0 Å². The van der Waals surface area contributed by atoms with Gasteiger partial charge < -0.3 is 75.8 Å². The summed E-state index contributed by atoms with van der Waals surface area (Å²) in [7, 11) is 0. The van der Waals surface area contributed by atoms with Crippen molar-refractivity contribution in [3.63, 3.8) is 0 Å². The fraction of sp³-hybridized carbons (Fsp3) is 0.636. The molecule has 3 aliphatic heterocycles. The first kappa shape index (κ1) is 58.5. The molecular weight excluding hydrogens is 990 g/mol. The summed E-state index contributed by atoms with van der Waals surface area (Å²) in [5.74, 6) is -9.85. The first-order valence-electron chi connectivity index (χ1n) is 22.0. The lowest BCUT2D eigenvalue weighted by atomic mass is 9.95. The smallest absolute Gasteiger partial charge is 0.303 e. The minimum atomic E-state index is -2.05. The molecule has 15 atom stereocenters. The van der Waals surface area contributed by atoms with Gasteiger partial charge in [0, 0.05) is 81.4 Å². The second kappa shape index (κ2) is 26.6. The molecule has 29 nitrogen and oxygen atoms in total. The monoisotopic (exact) mass is 1050 g/mol. The van der Waals surface area contributed by atoms with E-state index in [1.807, 2.05) is 0 Å². The molecule has 0 unspecified atom stereocenters. The molecule has 3 heterocycles. The molecule has 73 heavy (non-hydrogen) atoms. The van der Waals surface area contributed by atoms with Gasteiger partial charge >= 0.3 is 59.7 Å². The number of nitrogens with zero attached hydrogens (tertiary/aromatic N) is 1. The van der Waals surface area contributed by atoms with E-state index in [1.54, 1.807) is 0 Å². The van der Waals surface area contributed by atoms with E-state index < -0.39 is 177 Å². The van der Waals surface area contributed by atoms with Gasteiger partial charge in [0.2, 0.25) is 6.29 Å². The predicted molar refractivity (Wildman–Crippen MR) is 228 cm³/mol. The molecule has 0 aromatic heterocycles. The van der Waals surface area contributed by atoms with Gasteiger partial charge in [-0.25, -0.2) is 0 Å². The molecule has 0 bridgehead atoms. The molecule has 3 fully saturated rings. The van der Waals surface area contributed by atoms with Crippen molar-refractivity contribution in [1.29, 1.82) is 0 Å². The highest BCUT2D eigenvalue weighted by Gasteiger charge is 2.59. The molecule has 29 heteroatoms. The number of esters is 10. The first-order valence-corrected chi connectivity index (χ1v) is 22.0. The summed E-state index contributed by atoms with van der Waals surface area (Å²) in [4.78, 5) is 136. The van der Waals surface area contributed by atoms with Crippen LogP contribution in [0.2, 0.25) is 0 Å². The molecule has 0 amide bonds. The van der Waals surface area contributed by atoms with Gasteiger partial charge in [0.05, 0.1) is 11.5 Å². The lowest BCUT2D eigenvalue weighted by Crippen LogP contribution is -2.68. The van der Waals surface area contributed by atoms with Crippen LogP contribution in [0, 0.1) is 10.1 Å². The number of carbonyl (C=O) groups excluding carboxylic acids is 10. The van der Waals surface area contributed by atoms with Gasteiger partial charge in [-0.3, -0.25) is 58.1 Å². The normalized spacial score (nSPS) is 29.6. The van der Waals surface area contributed by atoms with Crippen LogP contribution in [0.1, 0.15) is 69.2 Å². The molecule has 3 aliphatic rings. The van der Waals surface area contributed by atoms with Crippen LogP contribution in [0.3, 0.4) is 0 Å². The minimum Gasteiger partial charge on any atom is -0.463 e. The van der Waals surface area contributed by atoms with Crippen LogP contribution in [0.15, 0.2) is 24.3 Å². The van der Waals surface area contributed by atoms with Gasteiger partial charge in [-0.15, -0.1) is 0 Å². The Morgan fingerprint density at radius 1 is 0.411 bits per heavy atom. The van der Waals surface area contributed by atoms with E-state index in [-0.39, 0.29) is 11.4 Å². The van der Waals surface area contributed by atoms with E-state index in [0.717, 1.165) is 93.5 Å². The maximum Gasteiger partial charge on any atom is 0.303 e. The van der Waals surface area contributed by atoms with E-state index in [4.69, 9.17) is 75.8 Å². The Hall–Kier alpha value is -7.08. The van der Waals surface area contributed by atoms with Crippen molar-refractivity contribution in [2.24, 2.45) is 0 Å². The minimum absolute atomic E-state index is 0.163. The van der Waals surface area contributed by atoms with Crippen LogP contribution in [0.5, 0.6) is 5.75 Å². The first-order chi connectivity index (χ1) is 34.2. The third-order valence-corrected chi connectivity index (χ3v) is 10.1. The third-order valence-electron chi connectivity index (χ3n) is 10.1. The Morgan fingerprint density at radius 3 is 1.11 bits per heavy atom. The lowest BCUT2D eigenvalue weighted by molar-refractivity contribution is -0.384. The van der Waals surface area contributed by atoms with Gasteiger partial charge in [-0.2, -0.15) is 0 Å². The molecule has 1 aromatic carbocycles. The molecular formula is C44H55NO28. The van der Waals surface area contributed by atoms with Crippen molar-refractivity contribution < 1.29 is 129 Å². The largest absolute Gasteiger partial charge is 0.463 e. The van der Waals surface area contributed by atoms with E-state index in [0.29, 0.717) is 0 Å². The van der Waals surface area contributed by atoms with Crippen molar-refractivity contribution in [3.05, 3.63) is 34.4 Å². The molecule has 4 rings (SSSR count). The van der Waals surface area contributed by atoms with Gasteiger partial charge in [-0.05, 0) is 12.1 Å². The molecule has 0 saturated carbocycles. The van der Waals surface area contributed by atoms with Crippen molar-refractivity contribution >= 4 is 65.4 Å². The summed E-state index contributed by atoms with van der Waals surface area (Å²) in [6.07, 6.45) is -27.0. The third kappa shape index (κ3) is 17.3.